The number of esters is 1. The molecule has 0 atom stereocenters. The number of alkyl halides is 6. The highest BCUT2D eigenvalue weighted by Gasteiger charge is 2.40. The van der Waals surface area contributed by atoms with Crippen LogP contribution in [0.2, 0.25) is 0 Å². The van der Waals surface area contributed by atoms with Crippen molar-refractivity contribution in [2.75, 3.05) is 26.0 Å². The van der Waals surface area contributed by atoms with Gasteiger partial charge in [-0.25, -0.2) is 0 Å². The smallest absolute Gasteiger partial charge is 0.412 e. The van der Waals surface area contributed by atoms with Crippen LogP contribution in [-0.4, -0.2) is 44.3 Å². The van der Waals surface area contributed by atoms with Crippen LogP contribution in [0.15, 0.2) is 0 Å². The molecule has 0 aromatic carbocycles. The van der Waals surface area contributed by atoms with Crippen molar-refractivity contribution in [2.45, 2.75) is 32.1 Å². The quantitative estimate of drug-likeness (QED) is 0.272. The molecular formula is C10H15F6O5P. The lowest BCUT2D eigenvalue weighted by atomic mass is 10.4. The fourth-order valence-corrected chi connectivity index (χ4v) is 2.36. The highest BCUT2D eigenvalue weighted by Crippen LogP contribution is 2.50. The second kappa shape index (κ2) is 8.73. The predicted molar refractivity (Wildman–Crippen MR) is 62.4 cm³/mol. The Hall–Kier alpha value is -0.800. The third kappa shape index (κ3) is 11.8. The van der Waals surface area contributed by atoms with Crippen molar-refractivity contribution in [1.29, 1.82) is 0 Å². The van der Waals surface area contributed by atoms with E-state index in [9.17, 15) is 35.7 Å². The van der Waals surface area contributed by atoms with Gasteiger partial charge < -0.3 is 4.74 Å². The molecule has 0 spiro atoms. The van der Waals surface area contributed by atoms with Gasteiger partial charge in [-0.05, 0) is 6.42 Å². The minimum atomic E-state index is -4.94. The Morgan fingerprint density at radius 1 is 1.00 bits per heavy atom. The summed E-state index contributed by atoms with van der Waals surface area (Å²) in [6.07, 6.45) is -10.1. The molecule has 0 aromatic rings. The van der Waals surface area contributed by atoms with Crippen molar-refractivity contribution >= 4 is 13.6 Å². The van der Waals surface area contributed by atoms with Gasteiger partial charge in [-0.2, -0.15) is 26.3 Å². The number of halogens is 6. The van der Waals surface area contributed by atoms with Crippen molar-refractivity contribution < 1.29 is 49.5 Å². The highest BCUT2D eigenvalue weighted by atomic mass is 31.2. The van der Waals surface area contributed by atoms with Gasteiger partial charge in [0.1, 0.15) is 6.16 Å². The zero-order chi connectivity index (χ0) is 17.4. The number of hydrogen-bond donors (Lipinski definition) is 0. The Morgan fingerprint density at radius 2 is 1.45 bits per heavy atom. The molecule has 0 saturated carbocycles. The van der Waals surface area contributed by atoms with Crippen LogP contribution in [0, 0.1) is 0 Å². The molecule has 22 heavy (non-hydrogen) atoms. The summed E-state index contributed by atoms with van der Waals surface area (Å²) in [5.74, 6) is -1.26. The third-order valence-corrected chi connectivity index (χ3v) is 3.62. The van der Waals surface area contributed by atoms with E-state index in [2.05, 4.69) is 13.8 Å². The molecule has 0 aromatic heterocycles. The third-order valence-electron chi connectivity index (χ3n) is 1.93. The van der Waals surface area contributed by atoms with E-state index in [0.29, 0.717) is 12.8 Å². The van der Waals surface area contributed by atoms with E-state index in [4.69, 9.17) is 0 Å². The predicted octanol–water partition coefficient (Wildman–Crippen LogP) is 3.68. The first-order chi connectivity index (χ1) is 9.87. The second-order valence-corrected chi connectivity index (χ2v) is 6.17. The van der Waals surface area contributed by atoms with Gasteiger partial charge in [0.05, 0.1) is 6.61 Å². The molecule has 0 amide bonds. The molecular weight excluding hydrogens is 345 g/mol. The lowest BCUT2D eigenvalue weighted by Gasteiger charge is -2.19. The van der Waals surface area contributed by atoms with Crippen molar-refractivity contribution in [3.05, 3.63) is 0 Å². The van der Waals surface area contributed by atoms with E-state index in [1.807, 2.05) is 0 Å². The maximum atomic E-state index is 12.0. The maximum Gasteiger partial charge on any atom is 0.412 e. The summed E-state index contributed by atoms with van der Waals surface area (Å²) in [6, 6.07) is 0. The molecule has 0 rings (SSSR count). The molecule has 0 heterocycles. The minimum Gasteiger partial charge on any atom is -0.465 e. The van der Waals surface area contributed by atoms with Gasteiger partial charge in [-0.3, -0.25) is 18.4 Å². The van der Waals surface area contributed by atoms with E-state index < -0.39 is 45.3 Å². The number of unbranched alkanes of at least 4 members (excludes halogenated alkanes) is 1. The molecule has 0 unspecified atom stereocenters. The number of rotatable bonds is 9. The number of carbonyl (C=O) groups excluding carboxylic acids is 1. The molecule has 0 saturated heterocycles. The van der Waals surface area contributed by atoms with Gasteiger partial charge in [-0.15, -0.1) is 0 Å². The largest absolute Gasteiger partial charge is 0.465 e. The van der Waals surface area contributed by atoms with Crippen LogP contribution >= 0.6 is 7.60 Å². The van der Waals surface area contributed by atoms with E-state index in [1.165, 1.54) is 0 Å². The summed E-state index contributed by atoms with van der Waals surface area (Å²) in [7, 11) is -4.93. The Bertz CT molecular complexity index is 372. The van der Waals surface area contributed by atoms with Crippen LogP contribution in [0.3, 0.4) is 0 Å². The standard InChI is InChI=1S/C10H15F6O5P/c1-2-3-4-19-8(17)5-22(18,20-6-9(11,12)13)21-7-10(14,15)16/h2-7H2,1H3. The lowest BCUT2D eigenvalue weighted by Crippen LogP contribution is -2.23. The summed E-state index contributed by atoms with van der Waals surface area (Å²) in [6.45, 7) is -2.56. The van der Waals surface area contributed by atoms with Crippen LogP contribution in [0.5, 0.6) is 0 Å². The molecule has 12 heteroatoms. The zero-order valence-electron chi connectivity index (χ0n) is 11.5. The first kappa shape index (κ1) is 21.2. The van der Waals surface area contributed by atoms with Gasteiger partial charge in [0.25, 0.3) is 0 Å². The fraction of sp³-hybridized carbons (Fsp3) is 0.900. The molecule has 5 nitrogen and oxygen atoms in total. The van der Waals surface area contributed by atoms with Crippen LogP contribution in [0.4, 0.5) is 26.3 Å². The Balaban J connectivity index is 4.69. The van der Waals surface area contributed by atoms with Crippen LogP contribution in [-0.2, 0) is 23.1 Å². The molecule has 0 bridgehead atoms. The Kier molecular flexibility index (Phi) is 8.42. The van der Waals surface area contributed by atoms with Gasteiger partial charge in [0.15, 0.2) is 13.2 Å². The van der Waals surface area contributed by atoms with Gasteiger partial charge in [0.2, 0.25) is 0 Å². The average Bonchev–Trinajstić information content (AvgIpc) is 2.33. The summed E-state index contributed by atoms with van der Waals surface area (Å²) >= 11 is 0. The molecule has 0 radical (unpaired) electrons. The summed E-state index contributed by atoms with van der Waals surface area (Å²) < 4.78 is 96.1. The average molecular weight is 360 g/mol. The van der Waals surface area contributed by atoms with Crippen molar-refractivity contribution in [1.82, 2.24) is 0 Å². The molecule has 0 N–H and O–H groups in total. The van der Waals surface area contributed by atoms with Crippen LogP contribution < -0.4 is 0 Å². The topological polar surface area (TPSA) is 61.8 Å². The van der Waals surface area contributed by atoms with E-state index >= 15 is 0 Å². The Labute approximate surface area is 122 Å². The van der Waals surface area contributed by atoms with E-state index in [-0.39, 0.29) is 6.61 Å². The maximum absolute atomic E-state index is 12.0. The van der Waals surface area contributed by atoms with E-state index in [0.717, 1.165) is 0 Å². The SMILES string of the molecule is CCCCOC(=O)CP(=O)(OCC(F)(F)F)OCC(F)(F)F. The van der Waals surface area contributed by atoms with Crippen LogP contribution in [0.25, 0.3) is 0 Å². The van der Waals surface area contributed by atoms with Crippen molar-refractivity contribution in [3.8, 4) is 0 Å². The summed E-state index contributed by atoms with van der Waals surface area (Å²) in [5, 5.41) is 0. The first-order valence-corrected chi connectivity index (χ1v) is 7.77. The summed E-state index contributed by atoms with van der Waals surface area (Å²) in [4.78, 5) is 11.3. The van der Waals surface area contributed by atoms with Gasteiger partial charge in [0, 0.05) is 0 Å². The number of hydrogen-bond acceptors (Lipinski definition) is 5. The summed E-state index contributed by atoms with van der Waals surface area (Å²) in [5.41, 5.74) is 0. The normalized spacial score (nSPS) is 13.2. The zero-order valence-corrected chi connectivity index (χ0v) is 12.4. The molecule has 0 aliphatic heterocycles. The van der Waals surface area contributed by atoms with E-state index in [1.54, 1.807) is 6.92 Å². The molecule has 0 aliphatic rings. The van der Waals surface area contributed by atoms with Gasteiger partial charge >= 0.3 is 25.9 Å². The molecule has 132 valence electrons. The fourth-order valence-electron chi connectivity index (χ4n) is 1.01. The minimum absolute atomic E-state index is 0.103. The number of carbonyl (C=O) groups is 1. The highest BCUT2D eigenvalue weighted by molar-refractivity contribution is 7.54. The van der Waals surface area contributed by atoms with Crippen LogP contribution in [0.1, 0.15) is 19.8 Å². The van der Waals surface area contributed by atoms with Gasteiger partial charge in [-0.1, -0.05) is 13.3 Å². The Morgan fingerprint density at radius 3 is 1.82 bits per heavy atom. The lowest BCUT2D eigenvalue weighted by molar-refractivity contribution is -0.166. The number of ether oxygens (including phenoxy) is 1. The molecule has 0 aliphatic carbocycles. The second-order valence-electron chi connectivity index (χ2n) is 4.12. The van der Waals surface area contributed by atoms with Crippen molar-refractivity contribution in [2.24, 2.45) is 0 Å². The monoisotopic (exact) mass is 360 g/mol. The first-order valence-electron chi connectivity index (χ1n) is 6.04. The van der Waals surface area contributed by atoms with Crippen molar-refractivity contribution in [3.63, 3.8) is 0 Å². The molecule has 0 fully saturated rings.